The van der Waals surface area contributed by atoms with E-state index in [1.165, 1.54) is 12.7 Å². The summed E-state index contributed by atoms with van der Waals surface area (Å²) in [6.07, 6.45) is 2.65. The van der Waals surface area contributed by atoms with Gasteiger partial charge in [0.15, 0.2) is 11.5 Å². The van der Waals surface area contributed by atoms with E-state index in [-0.39, 0.29) is 5.97 Å². The summed E-state index contributed by atoms with van der Waals surface area (Å²) >= 11 is 0. The first-order valence-electron chi connectivity index (χ1n) is 7.49. The van der Waals surface area contributed by atoms with E-state index in [0.29, 0.717) is 25.7 Å². The van der Waals surface area contributed by atoms with Crippen molar-refractivity contribution in [2.24, 2.45) is 0 Å². The number of ether oxygens (including phenoxy) is 3. The zero-order valence-corrected chi connectivity index (χ0v) is 12.3. The second-order valence-electron chi connectivity index (χ2n) is 5.39. The average Bonchev–Trinajstić information content (AvgIpc) is 3.00. The molecule has 0 saturated carbocycles. The van der Waals surface area contributed by atoms with Crippen LogP contribution in [0.5, 0.6) is 11.5 Å². The Bertz CT molecular complexity index is 517. The van der Waals surface area contributed by atoms with E-state index in [1.807, 2.05) is 12.1 Å². The van der Waals surface area contributed by atoms with Crippen molar-refractivity contribution in [3.63, 3.8) is 0 Å². The predicted molar refractivity (Wildman–Crippen MR) is 77.6 cm³/mol. The lowest BCUT2D eigenvalue weighted by Crippen LogP contribution is -2.27. The fourth-order valence-corrected chi connectivity index (χ4v) is 3.14. The molecule has 1 saturated heterocycles. The number of hydrogen-bond donors (Lipinski definition) is 0. The smallest absolute Gasteiger partial charge is 0.306 e. The largest absolute Gasteiger partial charge is 0.486 e. The van der Waals surface area contributed by atoms with Crippen LogP contribution in [0.4, 0.5) is 0 Å². The third-order valence-electron chi connectivity index (χ3n) is 4.15. The van der Waals surface area contributed by atoms with Crippen molar-refractivity contribution >= 4 is 5.97 Å². The summed E-state index contributed by atoms with van der Waals surface area (Å²) in [5, 5.41) is 0. The molecular weight excluding hydrogens is 270 g/mol. The summed E-state index contributed by atoms with van der Waals surface area (Å²) in [5.74, 6) is 1.55. The highest BCUT2D eigenvalue weighted by molar-refractivity contribution is 5.69. The van der Waals surface area contributed by atoms with Crippen LogP contribution in [0.25, 0.3) is 0 Å². The fraction of sp³-hybridized carbons (Fsp3) is 0.562. The van der Waals surface area contributed by atoms with Crippen LogP contribution in [0.3, 0.4) is 0 Å². The minimum absolute atomic E-state index is 0.157. The zero-order valence-electron chi connectivity index (χ0n) is 12.3. The van der Waals surface area contributed by atoms with Crippen molar-refractivity contribution in [2.75, 3.05) is 33.4 Å². The maximum absolute atomic E-state index is 11.4. The minimum Gasteiger partial charge on any atom is -0.486 e. The number of nitrogens with zero attached hydrogens (tertiary/aromatic N) is 1. The number of hydrogen-bond acceptors (Lipinski definition) is 5. The number of rotatable bonds is 4. The Morgan fingerprint density at radius 2 is 2.24 bits per heavy atom. The number of fused-ring (bicyclic) bond motifs is 1. The molecule has 0 amide bonds. The van der Waals surface area contributed by atoms with Crippen LogP contribution >= 0.6 is 0 Å². The molecule has 2 aliphatic heterocycles. The van der Waals surface area contributed by atoms with Gasteiger partial charge in [-0.1, -0.05) is 12.1 Å². The molecule has 5 nitrogen and oxygen atoms in total. The first kappa shape index (κ1) is 14.2. The van der Waals surface area contributed by atoms with Gasteiger partial charge in [0, 0.05) is 18.2 Å². The molecular formula is C16H21NO4. The van der Waals surface area contributed by atoms with Crippen LogP contribution in [0.2, 0.25) is 0 Å². The van der Waals surface area contributed by atoms with E-state index in [9.17, 15) is 4.79 Å². The first-order valence-corrected chi connectivity index (χ1v) is 7.49. The van der Waals surface area contributed by atoms with Crippen molar-refractivity contribution in [1.82, 2.24) is 4.90 Å². The van der Waals surface area contributed by atoms with Crippen molar-refractivity contribution in [3.8, 4) is 11.5 Å². The Balaban J connectivity index is 1.77. The average molecular weight is 291 g/mol. The van der Waals surface area contributed by atoms with Crippen LogP contribution in [-0.4, -0.2) is 44.3 Å². The first-order chi connectivity index (χ1) is 10.3. The van der Waals surface area contributed by atoms with Gasteiger partial charge in [0.05, 0.1) is 13.5 Å². The maximum atomic E-state index is 11.4. The lowest BCUT2D eigenvalue weighted by molar-refractivity contribution is -0.141. The van der Waals surface area contributed by atoms with E-state index < -0.39 is 0 Å². The standard InChI is InChI=1S/C16H21NO4/c1-19-15(18)7-9-17-8-3-5-13(17)12-4-2-6-14-16(12)21-11-10-20-14/h2,4,6,13H,3,5,7-11H2,1H3/t13-/m0/s1. The Kier molecular flexibility index (Phi) is 4.29. The highest BCUT2D eigenvalue weighted by Crippen LogP contribution is 2.42. The Labute approximate surface area is 124 Å². The summed E-state index contributed by atoms with van der Waals surface area (Å²) in [5.41, 5.74) is 1.18. The molecule has 0 unspecified atom stereocenters. The number of para-hydroxylation sites is 1. The highest BCUT2D eigenvalue weighted by atomic mass is 16.6. The van der Waals surface area contributed by atoms with E-state index >= 15 is 0 Å². The lowest BCUT2D eigenvalue weighted by Gasteiger charge is -2.28. The van der Waals surface area contributed by atoms with E-state index in [2.05, 4.69) is 11.0 Å². The predicted octanol–water partition coefficient (Wildman–Crippen LogP) is 2.16. The molecule has 1 atom stereocenters. The third kappa shape index (κ3) is 2.97. The summed E-state index contributed by atoms with van der Waals surface area (Å²) in [6, 6.07) is 6.37. The van der Waals surface area contributed by atoms with Crippen molar-refractivity contribution in [1.29, 1.82) is 0 Å². The van der Waals surface area contributed by atoms with Gasteiger partial charge in [-0.2, -0.15) is 0 Å². The minimum atomic E-state index is -0.157. The lowest BCUT2D eigenvalue weighted by atomic mass is 10.0. The van der Waals surface area contributed by atoms with Gasteiger partial charge < -0.3 is 14.2 Å². The van der Waals surface area contributed by atoms with Gasteiger partial charge in [0.25, 0.3) is 0 Å². The highest BCUT2D eigenvalue weighted by Gasteiger charge is 2.30. The zero-order chi connectivity index (χ0) is 14.7. The SMILES string of the molecule is COC(=O)CCN1CCC[C@H]1c1cccc2c1OCCO2. The molecule has 114 valence electrons. The number of carbonyl (C=O) groups excluding carboxylic acids is 1. The molecule has 1 aromatic rings. The molecule has 0 radical (unpaired) electrons. The second kappa shape index (κ2) is 6.35. The molecule has 0 N–H and O–H groups in total. The van der Waals surface area contributed by atoms with Gasteiger partial charge in [-0.3, -0.25) is 9.69 Å². The fourth-order valence-electron chi connectivity index (χ4n) is 3.14. The van der Waals surface area contributed by atoms with Gasteiger partial charge in [-0.25, -0.2) is 0 Å². The van der Waals surface area contributed by atoms with Crippen molar-refractivity contribution < 1.29 is 19.0 Å². The summed E-state index contributed by atoms with van der Waals surface area (Å²) in [4.78, 5) is 13.7. The molecule has 3 rings (SSSR count). The van der Waals surface area contributed by atoms with Crippen LogP contribution in [0.15, 0.2) is 18.2 Å². The van der Waals surface area contributed by atoms with Crippen molar-refractivity contribution in [3.05, 3.63) is 23.8 Å². The van der Waals surface area contributed by atoms with E-state index in [0.717, 1.165) is 37.4 Å². The van der Waals surface area contributed by atoms with Gasteiger partial charge in [0.2, 0.25) is 0 Å². The molecule has 0 bridgehead atoms. The molecule has 0 spiro atoms. The molecule has 21 heavy (non-hydrogen) atoms. The number of benzene rings is 1. The molecule has 2 heterocycles. The molecule has 1 fully saturated rings. The molecule has 2 aliphatic rings. The summed E-state index contributed by atoms with van der Waals surface area (Å²) < 4.78 is 16.2. The Morgan fingerprint density at radius 3 is 3.10 bits per heavy atom. The molecule has 1 aromatic carbocycles. The van der Waals surface area contributed by atoms with Crippen LogP contribution in [-0.2, 0) is 9.53 Å². The van der Waals surface area contributed by atoms with Crippen LogP contribution < -0.4 is 9.47 Å². The number of esters is 1. The molecule has 5 heteroatoms. The van der Waals surface area contributed by atoms with Crippen LogP contribution in [0.1, 0.15) is 30.9 Å². The molecule has 0 aromatic heterocycles. The van der Waals surface area contributed by atoms with Crippen LogP contribution in [0, 0.1) is 0 Å². The molecule has 0 aliphatic carbocycles. The monoisotopic (exact) mass is 291 g/mol. The Morgan fingerprint density at radius 1 is 1.38 bits per heavy atom. The quantitative estimate of drug-likeness (QED) is 0.796. The van der Waals surface area contributed by atoms with Crippen molar-refractivity contribution in [2.45, 2.75) is 25.3 Å². The normalized spacial score (nSPS) is 21.3. The van der Waals surface area contributed by atoms with Gasteiger partial charge in [-0.05, 0) is 25.5 Å². The summed E-state index contributed by atoms with van der Waals surface area (Å²) in [7, 11) is 1.43. The number of carbonyl (C=O) groups is 1. The number of likely N-dealkylation sites (tertiary alicyclic amines) is 1. The third-order valence-corrected chi connectivity index (χ3v) is 4.15. The summed E-state index contributed by atoms with van der Waals surface area (Å²) in [6.45, 7) is 2.93. The number of methoxy groups -OCH3 is 1. The second-order valence-corrected chi connectivity index (χ2v) is 5.39. The topological polar surface area (TPSA) is 48.0 Å². The maximum Gasteiger partial charge on any atom is 0.306 e. The van der Waals surface area contributed by atoms with E-state index in [1.54, 1.807) is 0 Å². The van der Waals surface area contributed by atoms with Gasteiger partial charge in [0.1, 0.15) is 13.2 Å². The van der Waals surface area contributed by atoms with Gasteiger partial charge >= 0.3 is 5.97 Å². The van der Waals surface area contributed by atoms with Gasteiger partial charge in [-0.15, -0.1) is 0 Å². The van der Waals surface area contributed by atoms with E-state index in [4.69, 9.17) is 14.2 Å². The Hall–Kier alpha value is -1.75.